The number of rotatable bonds is 9. The molecule has 4 rings (SSSR count). The number of carbonyl (C=O) groups is 1. The van der Waals surface area contributed by atoms with E-state index in [2.05, 4.69) is 25.7 Å². The van der Waals surface area contributed by atoms with E-state index in [1.807, 2.05) is 30.4 Å². The third-order valence-electron chi connectivity index (χ3n) is 5.28. The average Bonchev–Trinajstić information content (AvgIpc) is 3.30. The van der Waals surface area contributed by atoms with E-state index in [0.29, 0.717) is 32.2 Å². The fourth-order valence-corrected chi connectivity index (χ4v) is 3.75. The summed E-state index contributed by atoms with van der Waals surface area (Å²) in [5, 5.41) is 11.1. The van der Waals surface area contributed by atoms with Crippen molar-refractivity contribution < 1.29 is 9.53 Å². The van der Waals surface area contributed by atoms with E-state index >= 15 is 0 Å². The van der Waals surface area contributed by atoms with Crippen LogP contribution < -0.4 is 10.6 Å². The third kappa shape index (κ3) is 4.24. The number of carbonyl (C=O) groups excluding carboxylic acids is 1. The van der Waals surface area contributed by atoms with E-state index < -0.39 is 0 Å². The van der Waals surface area contributed by atoms with Gasteiger partial charge in [-0.15, -0.1) is 0 Å². The summed E-state index contributed by atoms with van der Waals surface area (Å²) in [6.07, 6.45) is 8.28. The molecule has 9 heteroatoms. The van der Waals surface area contributed by atoms with Crippen molar-refractivity contribution >= 4 is 17.5 Å². The normalized spacial score (nSPS) is 21.9. The number of anilines is 2. The van der Waals surface area contributed by atoms with Crippen molar-refractivity contribution in [2.75, 3.05) is 37.4 Å². The maximum Gasteiger partial charge on any atom is 0.223 e. The zero-order valence-electron chi connectivity index (χ0n) is 16.3. The lowest BCUT2D eigenvalue weighted by atomic mass is 9.95. The highest BCUT2D eigenvalue weighted by Gasteiger charge is 2.40. The van der Waals surface area contributed by atoms with Crippen LogP contribution in [0.25, 0.3) is 0 Å². The molecular weight excluding hydrogens is 358 g/mol. The Labute approximate surface area is 164 Å². The first-order valence-electron chi connectivity index (χ1n) is 9.73. The molecule has 9 nitrogen and oxygen atoms in total. The molecule has 1 saturated carbocycles. The Bertz CT molecular complexity index is 820. The molecule has 2 N–H and O–H groups in total. The molecule has 2 atom stereocenters. The first-order valence-corrected chi connectivity index (χ1v) is 9.73. The number of amides is 1. The number of aromatic nitrogens is 4. The minimum absolute atomic E-state index is 0.0188. The second-order valence-electron chi connectivity index (χ2n) is 7.52. The van der Waals surface area contributed by atoms with Gasteiger partial charge in [0.05, 0.1) is 18.8 Å². The average molecular weight is 385 g/mol. The summed E-state index contributed by atoms with van der Waals surface area (Å²) in [7, 11) is 3.54. The number of nitrogens with one attached hydrogen (secondary N) is 2. The molecule has 0 radical (unpaired) electrons. The molecular formula is C19H27N7O2. The first-order chi connectivity index (χ1) is 13.6. The topological polar surface area (TPSA) is 97.2 Å². The molecule has 1 amide bonds. The van der Waals surface area contributed by atoms with Gasteiger partial charge in [-0.05, 0) is 12.8 Å². The maximum absolute atomic E-state index is 12.7. The number of nitrogens with zero attached hydrogens (tertiary/aromatic N) is 5. The van der Waals surface area contributed by atoms with Crippen LogP contribution in [0.5, 0.6) is 0 Å². The molecule has 28 heavy (non-hydrogen) atoms. The number of hydrogen-bond acceptors (Lipinski definition) is 7. The van der Waals surface area contributed by atoms with Gasteiger partial charge in [-0.1, -0.05) is 0 Å². The quantitative estimate of drug-likeness (QED) is 0.674. The lowest BCUT2D eigenvalue weighted by Gasteiger charge is -2.27. The van der Waals surface area contributed by atoms with Crippen LogP contribution in [-0.2, 0) is 16.6 Å². The molecule has 3 heterocycles. The molecule has 0 spiro atoms. The second kappa shape index (κ2) is 8.14. The summed E-state index contributed by atoms with van der Waals surface area (Å²) < 4.78 is 6.98. The standard InChI is InChI=1S/C19H27N7O2/c1-25-11-14(10-23-25)19-13(7-18(27)26(19)5-6-28-2)9-20-16-8-17(22-12-21-16)24-15-3-4-15/h8,10-13,15,19H,3-7,9H2,1-2H3,(H2,20,21,22,24)/t13-,19+/m1/s1. The Balaban J connectivity index is 1.46. The highest BCUT2D eigenvalue weighted by atomic mass is 16.5. The Morgan fingerprint density at radius 3 is 2.82 bits per heavy atom. The zero-order valence-corrected chi connectivity index (χ0v) is 16.3. The molecule has 1 aliphatic carbocycles. The molecule has 2 aromatic heterocycles. The zero-order chi connectivity index (χ0) is 19.5. The minimum Gasteiger partial charge on any atom is -0.383 e. The molecule has 2 aromatic rings. The molecule has 0 bridgehead atoms. The van der Waals surface area contributed by atoms with Crippen molar-refractivity contribution in [1.82, 2.24) is 24.6 Å². The Hall–Kier alpha value is -2.68. The van der Waals surface area contributed by atoms with Gasteiger partial charge in [0.15, 0.2) is 0 Å². The highest BCUT2D eigenvalue weighted by molar-refractivity contribution is 5.79. The van der Waals surface area contributed by atoms with E-state index in [4.69, 9.17) is 4.74 Å². The number of aryl methyl sites for hydroxylation is 1. The predicted octanol–water partition coefficient (Wildman–Crippen LogP) is 1.43. The SMILES string of the molecule is COCCN1C(=O)C[C@H](CNc2cc(NC3CC3)ncn2)[C@H]1c1cnn(C)c1. The number of methoxy groups -OCH3 is 1. The molecule has 1 aliphatic heterocycles. The molecule has 0 unspecified atom stereocenters. The summed E-state index contributed by atoms with van der Waals surface area (Å²) in [6.45, 7) is 1.74. The lowest BCUT2D eigenvalue weighted by Crippen LogP contribution is -2.33. The summed E-state index contributed by atoms with van der Waals surface area (Å²) in [5.74, 6) is 1.89. The van der Waals surface area contributed by atoms with Crippen molar-refractivity contribution in [1.29, 1.82) is 0 Å². The molecule has 150 valence electrons. The van der Waals surface area contributed by atoms with Gasteiger partial charge in [-0.25, -0.2) is 9.97 Å². The van der Waals surface area contributed by atoms with Gasteiger partial charge in [-0.2, -0.15) is 5.10 Å². The van der Waals surface area contributed by atoms with Gasteiger partial charge in [0, 0.05) is 63.5 Å². The Morgan fingerprint density at radius 2 is 2.11 bits per heavy atom. The van der Waals surface area contributed by atoms with E-state index in [9.17, 15) is 4.79 Å². The van der Waals surface area contributed by atoms with Crippen LogP contribution in [0.1, 0.15) is 30.9 Å². The minimum atomic E-state index is -0.0188. The molecule has 2 fully saturated rings. The van der Waals surface area contributed by atoms with Crippen molar-refractivity contribution in [3.63, 3.8) is 0 Å². The van der Waals surface area contributed by atoms with E-state index in [1.165, 1.54) is 12.8 Å². The van der Waals surface area contributed by atoms with Crippen LogP contribution in [0.4, 0.5) is 11.6 Å². The van der Waals surface area contributed by atoms with Crippen molar-refractivity contribution in [2.24, 2.45) is 13.0 Å². The fraction of sp³-hybridized carbons (Fsp3) is 0.579. The fourth-order valence-electron chi connectivity index (χ4n) is 3.75. The van der Waals surface area contributed by atoms with E-state index in [-0.39, 0.29) is 17.9 Å². The maximum atomic E-state index is 12.7. The Kier molecular flexibility index (Phi) is 5.43. The van der Waals surface area contributed by atoms with Crippen LogP contribution in [0.3, 0.4) is 0 Å². The van der Waals surface area contributed by atoms with Crippen LogP contribution in [0.15, 0.2) is 24.8 Å². The van der Waals surface area contributed by atoms with E-state index in [0.717, 1.165) is 17.2 Å². The number of hydrogen-bond donors (Lipinski definition) is 2. The van der Waals surface area contributed by atoms with Gasteiger partial charge in [0.25, 0.3) is 0 Å². The molecule has 2 aliphatic rings. The van der Waals surface area contributed by atoms with Crippen LogP contribution in [-0.4, -0.2) is 63.4 Å². The highest BCUT2D eigenvalue weighted by Crippen LogP contribution is 2.38. The van der Waals surface area contributed by atoms with E-state index in [1.54, 1.807) is 18.1 Å². The summed E-state index contributed by atoms with van der Waals surface area (Å²) >= 11 is 0. The van der Waals surface area contributed by atoms with Gasteiger partial charge in [-0.3, -0.25) is 9.48 Å². The predicted molar refractivity (Wildman–Crippen MR) is 105 cm³/mol. The largest absolute Gasteiger partial charge is 0.383 e. The smallest absolute Gasteiger partial charge is 0.223 e. The van der Waals surface area contributed by atoms with Gasteiger partial charge < -0.3 is 20.3 Å². The number of ether oxygens (including phenoxy) is 1. The van der Waals surface area contributed by atoms with Gasteiger partial charge >= 0.3 is 0 Å². The number of likely N-dealkylation sites (tertiary alicyclic amines) is 1. The summed E-state index contributed by atoms with van der Waals surface area (Å²) in [6, 6.07) is 2.45. The second-order valence-corrected chi connectivity index (χ2v) is 7.52. The lowest BCUT2D eigenvalue weighted by molar-refractivity contribution is -0.129. The monoisotopic (exact) mass is 385 g/mol. The Morgan fingerprint density at radius 1 is 1.29 bits per heavy atom. The molecule has 1 saturated heterocycles. The van der Waals surface area contributed by atoms with Crippen LogP contribution >= 0.6 is 0 Å². The van der Waals surface area contributed by atoms with Crippen molar-refractivity contribution in [2.45, 2.75) is 31.3 Å². The van der Waals surface area contributed by atoms with Crippen LogP contribution in [0, 0.1) is 5.92 Å². The summed E-state index contributed by atoms with van der Waals surface area (Å²) in [5.41, 5.74) is 1.05. The van der Waals surface area contributed by atoms with Gasteiger partial charge in [0.1, 0.15) is 18.0 Å². The third-order valence-corrected chi connectivity index (χ3v) is 5.28. The summed E-state index contributed by atoms with van der Waals surface area (Å²) in [4.78, 5) is 23.2. The molecule has 0 aromatic carbocycles. The van der Waals surface area contributed by atoms with Gasteiger partial charge in [0.2, 0.25) is 5.91 Å². The van der Waals surface area contributed by atoms with Crippen molar-refractivity contribution in [3.8, 4) is 0 Å². The van der Waals surface area contributed by atoms with Crippen molar-refractivity contribution in [3.05, 3.63) is 30.4 Å². The van der Waals surface area contributed by atoms with Crippen LogP contribution in [0.2, 0.25) is 0 Å². The first kappa shape index (κ1) is 18.7.